The Morgan fingerprint density at radius 1 is 1.05 bits per heavy atom. The Bertz CT molecular complexity index is 831. The molecule has 5 heteroatoms. The monoisotopic (exact) mass is 280 g/mol. The van der Waals surface area contributed by atoms with Gasteiger partial charge in [-0.3, -0.25) is 4.79 Å². The van der Waals surface area contributed by atoms with Gasteiger partial charge in [0.2, 0.25) is 5.88 Å². The summed E-state index contributed by atoms with van der Waals surface area (Å²) in [6.07, 6.45) is 0. The van der Waals surface area contributed by atoms with Crippen molar-refractivity contribution in [2.45, 2.75) is 0 Å². The SMILES string of the molecule is NC(=O)c1cccc(Oc2ccc3ccc(O)cc3c2)n1. The van der Waals surface area contributed by atoms with E-state index in [2.05, 4.69) is 4.98 Å². The zero-order valence-electron chi connectivity index (χ0n) is 11.0. The summed E-state index contributed by atoms with van der Waals surface area (Å²) in [6, 6.07) is 15.4. The van der Waals surface area contributed by atoms with Gasteiger partial charge in [0.1, 0.15) is 17.2 Å². The molecule has 1 heterocycles. The number of aromatic hydroxyl groups is 1. The summed E-state index contributed by atoms with van der Waals surface area (Å²) in [4.78, 5) is 15.1. The minimum Gasteiger partial charge on any atom is -0.508 e. The second kappa shape index (κ2) is 5.13. The standard InChI is InChI=1S/C16H12N2O3/c17-16(20)14-2-1-3-15(18-14)21-13-7-5-10-4-6-12(19)8-11(10)9-13/h1-9,19H,(H2,17,20). The van der Waals surface area contributed by atoms with Crippen LogP contribution in [-0.2, 0) is 0 Å². The molecule has 2 aromatic carbocycles. The maximum absolute atomic E-state index is 11.1. The molecule has 5 nitrogen and oxygen atoms in total. The maximum atomic E-state index is 11.1. The molecule has 0 aliphatic carbocycles. The normalized spacial score (nSPS) is 10.5. The third-order valence-electron chi connectivity index (χ3n) is 2.99. The van der Waals surface area contributed by atoms with E-state index in [-0.39, 0.29) is 17.3 Å². The molecule has 21 heavy (non-hydrogen) atoms. The number of amides is 1. The molecule has 0 saturated heterocycles. The van der Waals surface area contributed by atoms with E-state index in [1.165, 1.54) is 6.07 Å². The van der Waals surface area contributed by atoms with Gasteiger partial charge in [-0.15, -0.1) is 0 Å². The van der Waals surface area contributed by atoms with Gasteiger partial charge in [0.15, 0.2) is 0 Å². The molecule has 1 aromatic heterocycles. The Balaban J connectivity index is 1.94. The number of carbonyl (C=O) groups is 1. The predicted octanol–water partition coefficient (Wildman–Crippen LogP) is 2.83. The van der Waals surface area contributed by atoms with Crippen LogP contribution in [0.4, 0.5) is 0 Å². The Labute approximate surface area is 120 Å². The zero-order valence-corrected chi connectivity index (χ0v) is 11.0. The first kappa shape index (κ1) is 12.9. The summed E-state index contributed by atoms with van der Waals surface area (Å²) >= 11 is 0. The van der Waals surface area contributed by atoms with Crippen LogP contribution in [0.1, 0.15) is 10.5 Å². The fourth-order valence-corrected chi connectivity index (χ4v) is 2.01. The van der Waals surface area contributed by atoms with Crippen molar-refractivity contribution in [2.75, 3.05) is 0 Å². The number of fused-ring (bicyclic) bond motifs is 1. The molecular weight excluding hydrogens is 268 g/mol. The van der Waals surface area contributed by atoms with Crippen molar-refractivity contribution in [3.8, 4) is 17.4 Å². The van der Waals surface area contributed by atoms with E-state index in [4.69, 9.17) is 10.5 Å². The summed E-state index contributed by atoms with van der Waals surface area (Å²) < 4.78 is 5.62. The highest BCUT2D eigenvalue weighted by atomic mass is 16.5. The second-order valence-corrected chi connectivity index (χ2v) is 4.52. The van der Waals surface area contributed by atoms with Gasteiger partial charge >= 0.3 is 0 Å². The molecule has 3 aromatic rings. The molecule has 0 aliphatic rings. The van der Waals surface area contributed by atoms with Gasteiger partial charge in [-0.05, 0) is 41.1 Å². The number of benzene rings is 2. The lowest BCUT2D eigenvalue weighted by molar-refractivity contribution is 0.0995. The Morgan fingerprint density at radius 3 is 2.67 bits per heavy atom. The summed E-state index contributed by atoms with van der Waals surface area (Å²) in [6.45, 7) is 0. The van der Waals surface area contributed by atoms with Gasteiger partial charge in [0, 0.05) is 6.07 Å². The van der Waals surface area contributed by atoms with E-state index in [1.54, 1.807) is 36.4 Å². The summed E-state index contributed by atoms with van der Waals surface area (Å²) in [7, 11) is 0. The lowest BCUT2D eigenvalue weighted by Crippen LogP contribution is -2.12. The van der Waals surface area contributed by atoms with Crippen molar-refractivity contribution in [1.82, 2.24) is 4.98 Å². The third kappa shape index (κ3) is 2.76. The van der Waals surface area contributed by atoms with E-state index in [0.717, 1.165) is 10.8 Å². The van der Waals surface area contributed by atoms with Crippen LogP contribution < -0.4 is 10.5 Å². The van der Waals surface area contributed by atoms with Crippen LogP contribution in [0.15, 0.2) is 54.6 Å². The lowest BCUT2D eigenvalue weighted by atomic mass is 10.1. The molecule has 104 valence electrons. The number of hydrogen-bond acceptors (Lipinski definition) is 4. The quantitative estimate of drug-likeness (QED) is 0.772. The van der Waals surface area contributed by atoms with E-state index in [0.29, 0.717) is 5.75 Å². The van der Waals surface area contributed by atoms with E-state index < -0.39 is 5.91 Å². The minimum atomic E-state index is -0.608. The Hall–Kier alpha value is -3.08. The minimum absolute atomic E-state index is 0.144. The van der Waals surface area contributed by atoms with Gasteiger partial charge in [-0.2, -0.15) is 0 Å². The number of nitrogens with zero attached hydrogens (tertiary/aromatic N) is 1. The number of phenolic OH excluding ortho intramolecular Hbond substituents is 1. The number of primary amides is 1. The zero-order chi connectivity index (χ0) is 14.8. The fraction of sp³-hybridized carbons (Fsp3) is 0. The molecule has 3 N–H and O–H groups in total. The van der Waals surface area contributed by atoms with Crippen LogP contribution in [0.2, 0.25) is 0 Å². The topological polar surface area (TPSA) is 85.4 Å². The first-order valence-electron chi connectivity index (χ1n) is 6.29. The molecule has 0 aliphatic heterocycles. The molecule has 0 fully saturated rings. The third-order valence-corrected chi connectivity index (χ3v) is 2.99. The van der Waals surface area contributed by atoms with Crippen LogP contribution in [0.5, 0.6) is 17.4 Å². The Kier molecular flexibility index (Phi) is 3.16. The molecule has 0 unspecified atom stereocenters. The van der Waals surface area contributed by atoms with Crippen molar-refractivity contribution in [1.29, 1.82) is 0 Å². The van der Waals surface area contributed by atoms with Gasteiger partial charge in [-0.1, -0.05) is 18.2 Å². The van der Waals surface area contributed by atoms with Crippen molar-refractivity contribution in [2.24, 2.45) is 5.73 Å². The highest BCUT2D eigenvalue weighted by Crippen LogP contribution is 2.27. The van der Waals surface area contributed by atoms with Crippen LogP contribution >= 0.6 is 0 Å². The number of ether oxygens (including phenoxy) is 1. The number of carbonyl (C=O) groups excluding carboxylic acids is 1. The molecule has 0 saturated carbocycles. The van der Waals surface area contributed by atoms with E-state index in [9.17, 15) is 9.90 Å². The van der Waals surface area contributed by atoms with E-state index >= 15 is 0 Å². The number of rotatable bonds is 3. The molecule has 0 bridgehead atoms. The second-order valence-electron chi connectivity index (χ2n) is 4.52. The van der Waals surface area contributed by atoms with Gasteiger partial charge in [0.05, 0.1) is 0 Å². The van der Waals surface area contributed by atoms with Crippen molar-refractivity contribution < 1.29 is 14.6 Å². The molecule has 3 rings (SSSR count). The van der Waals surface area contributed by atoms with Crippen molar-refractivity contribution in [3.63, 3.8) is 0 Å². The average molecular weight is 280 g/mol. The number of aromatic nitrogens is 1. The number of phenols is 1. The lowest BCUT2D eigenvalue weighted by Gasteiger charge is -2.07. The molecular formula is C16H12N2O3. The fourth-order valence-electron chi connectivity index (χ4n) is 2.01. The van der Waals surface area contributed by atoms with Crippen molar-refractivity contribution >= 4 is 16.7 Å². The average Bonchev–Trinajstić information content (AvgIpc) is 2.47. The first-order valence-corrected chi connectivity index (χ1v) is 6.29. The Morgan fingerprint density at radius 2 is 1.86 bits per heavy atom. The first-order chi connectivity index (χ1) is 10.1. The van der Waals surface area contributed by atoms with Crippen molar-refractivity contribution in [3.05, 3.63) is 60.3 Å². The largest absolute Gasteiger partial charge is 0.508 e. The highest BCUT2D eigenvalue weighted by molar-refractivity contribution is 5.90. The predicted molar refractivity (Wildman–Crippen MR) is 78.4 cm³/mol. The smallest absolute Gasteiger partial charge is 0.267 e. The number of nitrogens with two attached hydrogens (primary N) is 1. The van der Waals surface area contributed by atoms with Gasteiger partial charge in [-0.25, -0.2) is 4.98 Å². The highest BCUT2D eigenvalue weighted by Gasteiger charge is 2.05. The van der Waals surface area contributed by atoms with Crippen LogP contribution in [0.25, 0.3) is 10.8 Å². The van der Waals surface area contributed by atoms with Crippen LogP contribution in [0.3, 0.4) is 0 Å². The van der Waals surface area contributed by atoms with Crippen LogP contribution in [0, 0.1) is 0 Å². The summed E-state index contributed by atoms with van der Waals surface area (Å²) in [5.74, 6) is 0.422. The molecule has 0 atom stereocenters. The molecule has 1 amide bonds. The molecule has 0 spiro atoms. The number of pyridine rings is 1. The maximum Gasteiger partial charge on any atom is 0.267 e. The van der Waals surface area contributed by atoms with Crippen LogP contribution in [-0.4, -0.2) is 16.0 Å². The van der Waals surface area contributed by atoms with Gasteiger partial charge in [0.25, 0.3) is 5.91 Å². The number of hydrogen-bond donors (Lipinski definition) is 2. The molecule has 0 radical (unpaired) electrons. The summed E-state index contributed by atoms with van der Waals surface area (Å²) in [5.41, 5.74) is 5.33. The van der Waals surface area contributed by atoms with Gasteiger partial charge < -0.3 is 15.6 Å². The van der Waals surface area contributed by atoms with E-state index in [1.807, 2.05) is 12.1 Å². The summed E-state index contributed by atoms with van der Waals surface area (Å²) in [5, 5.41) is 11.3.